The Labute approximate surface area is 91.3 Å². The predicted octanol–water partition coefficient (Wildman–Crippen LogP) is -0.238. The maximum atomic E-state index is 5.35. The molecule has 0 bridgehead atoms. The zero-order valence-corrected chi connectivity index (χ0v) is 9.08. The van der Waals surface area contributed by atoms with Gasteiger partial charge in [-0.1, -0.05) is 6.07 Å². The van der Waals surface area contributed by atoms with Crippen LogP contribution >= 0.6 is 0 Å². The van der Waals surface area contributed by atoms with E-state index in [0.29, 0.717) is 6.54 Å². The number of hydrogen-bond acceptors (Lipinski definition) is 4. The molecule has 4 heteroatoms. The van der Waals surface area contributed by atoms with E-state index in [1.54, 1.807) is 0 Å². The molecule has 0 radical (unpaired) electrons. The van der Waals surface area contributed by atoms with E-state index in [0.717, 1.165) is 38.3 Å². The minimum absolute atomic E-state index is 0.702. The molecule has 4 N–H and O–H groups in total. The molecule has 0 spiro atoms. The monoisotopic (exact) mass is 208 g/mol. The van der Waals surface area contributed by atoms with E-state index < -0.39 is 0 Å². The molecule has 0 aromatic carbocycles. The molecule has 84 valence electrons. The Hall–Kier alpha value is -0.970. The molecule has 0 saturated carbocycles. The van der Waals surface area contributed by atoms with Gasteiger partial charge in [-0.3, -0.25) is 4.98 Å². The summed E-state index contributed by atoms with van der Waals surface area (Å²) in [5, 5.41) is 6.58. The van der Waals surface area contributed by atoms with Gasteiger partial charge < -0.3 is 16.4 Å². The van der Waals surface area contributed by atoms with Crippen LogP contribution in [-0.4, -0.2) is 37.7 Å². The third kappa shape index (κ3) is 6.17. The van der Waals surface area contributed by atoms with Gasteiger partial charge in [0.25, 0.3) is 0 Å². The topological polar surface area (TPSA) is 63.0 Å². The van der Waals surface area contributed by atoms with Crippen LogP contribution in [0.5, 0.6) is 0 Å². The minimum atomic E-state index is 0.702. The summed E-state index contributed by atoms with van der Waals surface area (Å²) >= 11 is 0. The van der Waals surface area contributed by atoms with Crippen molar-refractivity contribution in [2.24, 2.45) is 5.73 Å². The molecule has 0 unspecified atom stereocenters. The Morgan fingerprint density at radius 3 is 2.53 bits per heavy atom. The maximum absolute atomic E-state index is 5.35. The minimum Gasteiger partial charge on any atom is -0.329 e. The Morgan fingerprint density at radius 1 is 1.07 bits per heavy atom. The summed E-state index contributed by atoms with van der Waals surface area (Å²) in [5.74, 6) is 0. The average Bonchev–Trinajstić information content (AvgIpc) is 2.29. The molecule has 4 nitrogen and oxygen atoms in total. The van der Waals surface area contributed by atoms with E-state index in [1.165, 1.54) is 0 Å². The first kappa shape index (κ1) is 12.1. The fourth-order valence-electron chi connectivity index (χ4n) is 1.29. The summed E-state index contributed by atoms with van der Waals surface area (Å²) in [5.41, 5.74) is 6.49. The van der Waals surface area contributed by atoms with Gasteiger partial charge in [-0.25, -0.2) is 0 Å². The molecule has 1 rings (SSSR count). The van der Waals surface area contributed by atoms with Gasteiger partial charge in [-0.2, -0.15) is 0 Å². The maximum Gasteiger partial charge on any atom is 0.0416 e. The number of rotatable bonds is 8. The largest absolute Gasteiger partial charge is 0.329 e. The molecule has 1 aromatic rings. The number of hydrogen-bond donors (Lipinski definition) is 3. The molecule has 0 aliphatic heterocycles. The summed E-state index contributed by atoms with van der Waals surface area (Å²) in [6.07, 6.45) is 2.82. The summed E-state index contributed by atoms with van der Waals surface area (Å²) in [4.78, 5) is 4.25. The van der Waals surface area contributed by atoms with Crippen LogP contribution < -0.4 is 16.4 Å². The quantitative estimate of drug-likeness (QED) is 0.516. The van der Waals surface area contributed by atoms with Gasteiger partial charge in [0, 0.05) is 51.0 Å². The molecule has 0 fully saturated rings. The molecule has 1 aromatic heterocycles. The van der Waals surface area contributed by atoms with Crippen molar-refractivity contribution in [2.45, 2.75) is 6.42 Å². The van der Waals surface area contributed by atoms with Crippen LogP contribution in [0.15, 0.2) is 24.4 Å². The van der Waals surface area contributed by atoms with Crippen LogP contribution in [0.1, 0.15) is 5.69 Å². The predicted molar refractivity (Wildman–Crippen MR) is 62.7 cm³/mol. The van der Waals surface area contributed by atoms with Gasteiger partial charge in [-0.15, -0.1) is 0 Å². The molecular formula is C11H20N4. The lowest BCUT2D eigenvalue weighted by molar-refractivity contribution is 0.612. The number of nitrogens with zero attached hydrogens (tertiary/aromatic N) is 1. The Bertz CT molecular complexity index is 238. The molecule has 0 saturated heterocycles. The SMILES string of the molecule is NCCNCCNCCc1ccccn1. The standard InChI is InChI=1S/C11H20N4/c12-5-8-14-10-9-13-7-4-11-3-1-2-6-15-11/h1-3,6,13-14H,4-5,7-10,12H2. The Kier molecular flexibility index (Phi) is 6.73. The normalized spacial score (nSPS) is 10.5. The van der Waals surface area contributed by atoms with E-state index in [1.807, 2.05) is 24.4 Å². The fourth-order valence-corrected chi connectivity index (χ4v) is 1.29. The van der Waals surface area contributed by atoms with Crippen LogP contribution in [-0.2, 0) is 6.42 Å². The Morgan fingerprint density at radius 2 is 1.87 bits per heavy atom. The van der Waals surface area contributed by atoms with Crippen LogP contribution in [0.25, 0.3) is 0 Å². The molecule has 15 heavy (non-hydrogen) atoms. The third-order valence-corrected chi connectivity index (χ3v) is 2.08. The van der Waals surface area contributed by atoms with Crippen molar-refractivity contribution < 1.29 is 0 Å². The van der Waals surface area contributed by atoms with Crippen LogP contribution in [0.3, 0.4) is 0 Å². The van der Waals surface area contributed by atoms with Crippen molar-refractivity contribution in [3.05, 3.63) is 30.1 Å². The van der Waals surface area contributed by atoms with Gasteiger partial charge in [0.05, 0.1) is 0 Å². The lowest BCUT2D eigenvalue weighted by Crippen LogP contribution is -2.31. The highest BCUT2D eigenvalue weighted by molar-refractivity contribution is 5.03. The first-order valence-corrected chi connectivity index (χ1v) is 5.45. The summed E-state index contributed by atoms with van der Waals surface area (Å²) in [6, 6.07) is 6.01. The van der Waals surface area contributed by atoms with Gasteiger partial charge in [-0.05, 0) is 12.1 Å². The van der Waals surface area contributed by atoms with E-state index in [2.05, 4.69) is 15.6 Å². The first-order chi connectivity index (χ1) is 7.43. The third-order valence-electron chi connectivity index (χ3n) is 2.08. The highest BCUT2D eigenvalue weighted by Gasteiger charge is 1.92. The summed E-state index contributed by atoms with van der Waals surface area (Å²) in [7, 11) is 0. The lowest BCUT2D eigenvalue weighted by Gasteiger charge is -2.05. The zero-order valence-electron chi connectivity index (χ0n) is 9.08. The molecule has 0 aliphatic carbocycles. The van der Waals surface area contributed by atoms with Crippen LogP contribution in [0.4, 0.5) is 0 Å². The highest BCUT2D eigenvalue weighted by Crippen LogP contribution is 1.92. The van der Waals surface area contributed by atoms with Crippen molar-refractivity contribution in [3.8, 4) is 0 Å². The van der Waals surface area contributed by atoms with Gasteiger partial charge >= 0.3 is 0 Å². The van der Waals surface area contributed by atoms with E-state index in [-0.39, 0.29) is 0 Å². The van der Waals surface area contributed by atoms with Crippen molar-refractivity contribution >= 4 is 0 Å². The molecule has 0 amide bonds. The first-order valence-electron chi connectivity index (χ1n) is 5.45. The second-order valence-electron chi connectivity index (χ2n) is 3.36. The summed E-state index contributed by atoms with van der Waals surface area (Å²) in [6.45, 7) is 4.52. The van der Waals surface area contributed by atoms with Gasteiger partial charge in [0.15, 0.2) is 0 Å². The van der Waals surface area contributed by atoms with Gasteiger partial charge in [0.2, 0.25) is 0 Å². The lowest BCUT2D eigenvalue weighted by atomic mass is 10.3. The van der Waals surface area contributed by atoms with Gasteiger partial charge in [0.1, 0.15) is 0 Å². The van der Waals surface area contributed by atoms with Crippen molar-refractivity contribution in [2.75, 3.05) is 32.7 Å². The molecular weight excluding hydrogens is 188 g/mol. The number of nitrogens with one attached hydrogen (secondary N) is 2. The average molecular weight is 208 g/mol. The van der Waals surface area contributed by atoms with Crippen molar-refractivity contribution in [1.82, 2.24) is 15.6 Å². The molecule has 0 aliphatic rings. The zero-order chi connectivity index (χ0) is 10.8. The van der Waals surface area contributed by atoms with Crippen molar-refractivity contribution in [3.63, 3.8) is 0 Å². The second kappa shape index (κ2) is 8.35. The number of pyridine rings is 1. The van der Waals surface area contributed by atoms with E-state index in [9.17, 15) is 0 Å². The van der Waals surface area contributed by atoms with Crippen LogP contribution in [0, 0.1) is 0 Å². The Balaban J connectivity index is 1.93. The van der Waals surface area contributed by atoms with Crippen molar-refractivity contribution in [1.29, 1.82) is 0 Å². The highest BCUT2D eigenvalue weighted by atomic mass is 14.9. The van der Waals surface area contributed by atoms with E-state index in [4.69, 9.17) is 5.73 Å². The fraction of sp³-hybridized carbons (Fsp3) is 0.545. The molecule has 1 heterocycles. The number of nitrogens with two attached hydrogens (primary N) is 1. The summed E-state index contributed by atoms with van der Waals surface area (Å²) < 4.78 is 0. The van der Waals surface area contributed by atoms with Crippen LogP contribution in [0.2, 0.25) is 0 Å². The second-order valence-corrected chi connectivity index (χ2v) is 3.36. The smallest absolute Gasteiger partial charge is 0.0416 e. The molecule has 0 atom stereocenters. The number of aromatic nitrogens is 1. The van der Waals surface area contributed by atoms with E-state index >= 15 is 0 Å².